The summed E-state index contributed by atoms with van der Waals surface area (Å²) < 4.78 is 13.5. The number of hydrogen-bond acceptors (Lipinski definition) is 5. The molecule has 0 aliphatic heterocycles. The summed E-state index contributed by atoms with van der Waals surface area (Å²) in [5.41, 5.74) is 2.11. The van der Waals surface area contributed by atoms with E-state index < -0.39 is 11.8 Å². The molecule has 29 heavy (non-hydrogen) atoms. The molecule has 2 amide bonds. The number of para-hydroxylation sites is 1. The minimum absolute atomic E-state index is 0.0983. The quantitative estimate of drug-likeness (QED) is 0.377. The Hall–Kier alpha value is -3.26. The topological polar surface area (TPSA) is 83.1 Å². The third-order valence-corrected chi connectivity index (χ3v) is 4.96. The van der Waals surface area contributed by atoms with Crippen LogP contribution in [0.1, 0.15) is 28.0 Å². The van der Waals surface area contributed by atoms with Gasteiger partial charge in [0.05, 0.1) is 5.69 Å². The van der Waals surface area contributed by atoms with Gasteiger partial charge in [0.15, 0.2) is 5.13 Å². The smallest absolute Gasteiger partial charge is 0.319 e. The van der Waals surface area contributed by atoms with Gasteiger partial charge < -0.3 is 16.0 Å². The molecule has 3 N–H and O–H groups in total. The SMILES string of the molecule is Cc1ccccc1C(=O)c1csc(NCCCNC(=O)Nc2ccccc2F)n1. The summed E-state index contributed by atoms with van der Waals surface area (Å²) in [6, 6.07) is 12.9. The maximum absolute atomic E-state index is 13.5. The van der Waals surface area contributed by atoms with Gasteiger partial charge in [0.1, 0.15) is 11.5 Å². The molecule has 0 atom stereocenters. The van der Waals surface area contributed by atoms with Gasteiger partial charge in [-0.1, -0.05) is 36.4 Å². The van der Waals surface area contributed by atoms with Crippen molar-refractivity contribution in [3.63, 3.8) is 0 Å². The van der Waals surface area contributed by atoms with Crippen LogP contribution in [0.25, 0.3) is 0 Å². The van der Waals surface area contributed by atoms with Crippen LogP contribution in [0, 0.1) is 12.7 Å². The van der Waals surface area contributed by atoms with Crippen LogP contribution in [-0.4, -0.2) is 29.9 Å². The Morgan fingerprint density at radius 2 is 1.83 bits per heavy atom. The van der Waals surface area contributed by atoms with E-state index in [1.807, 2.05) is 25.1 Å². The molecule has 0 saturated heterocycles. The summed E-state index contributed by atoms with van der Waals surface area (Å²) in [4.78, 5) is 28.7. The first-order valence-corrected chi connectivity index (χ1v) is 10.0. The maximum atomic E-state index is 13.5. The molecule has 0 aliphatic carbocycles. The molecule has 0 saturated carbocycles. The molecule has 8 heteroatoms. The molecular weight excluding hydrogens is 391 g/mol. The first kappa shape index (κ1) is 20.5. The number of nitrogens with zero attached hydrogens (tertiary/aromatic N) is 1. The molecular formula is C21H21FN4O2S. The Bertz CT molecular complexity index is 1010. The van der Waals surface area contributed by atoms with Crippen molar-refractivity contribution in [2.45, 2.75) is 13.3 Å². The lowest BCUT2D eigenvalue weighted by atomic mass is 10.0. The highest BCUT2D eigenvalue weighted by atomic mass is 32.1. The Labute approximate surface area is 172 Å². The largest absolute Gasteiger partial charge is 0.361 e. The number of nitrogens with one attached hydrogen (secondary N) is 3. The van der Waals surface area contributed by atoms with Crippen molar-refractivity contribution in [3.8, 4) is 0 Å². The van der Waals surface area contributed by atoms with Gasteiger partial charge in [-0.05, 0) is 31.0 Å². The third-order valence-electron chi connectivity index (χ3n) is 4.16. The second-order valence-corrected chi connectivity index (χ2v) is 7.18. The fraction of sp³-hybridized carbons (Fsp3) is 0.190. The first-order chi connectivity index (χ1) is 14.0. The normalized spacial score (nSPS) is 10.4. The Morgan fingerprint density at radius 3 is 2.62 bits per heavy atom. The van der Waals surface area contributed by atoms with Gasteiger partial charge in [0.25, 0.3) is 0 Å². The number of anilines is 2. The highest BCUT2D eigenvalue weighted by Crippen LogP contribution is 2.19. The lowest BCUT2D eigenvalue weighted by molar-refractivity contribution is 0.103. The summed E-state index contributed by atoms with van der Waals surface area (Å²) in [7, 11) is 0. The molecule has 3 aromatic rings. The Morgan fingerprint density at radius 1 is 1.07 bits per heavy atom. The maximum Gasteiger partial charge on any atom is 0.319 e. The number of benzene rings is 2. The molecule has 0 radical (unpaired) electrons. The predicted molar refractivity (Wildman–Crippen MR) is 113 cm³/mol. The highest BCUT2D eigenvalue weighted by Gasteiger charge is 2.14. The molecule has 0 unspecified atom stereocenters. The van der Waals surface area contributed by atoms with Crippen molar-refractivity contribution < 1.29 is 14.0 Å². The Kier molecular flexibility index (Phi) is 6.91. The average Bonchev–Trinajstić information content (AvgIpc) is 3.18. The van der Waals surface area contributed by atoms with Crippen LogP contribution in [0.5, 0.6) is 0 Å². The van der Waals surface area contributed by atoms with Crippen LogP contribution in [0.15, 0.2) is 53.9 Å². The first-order valence-electron chi connectivity index (χ1n) is 9.13. The summed E-state index contributed by atoms with van der Waals surface area (Å²) >= 11 is 1.36. The minimum Gasteiger partial charge on any atom is -0.361 e. The zero-order valence-electron chi connectivity index (χ0n) is 15.9. The van der Waals surface area contributed by atoms with E-state index in [9.17, 15) is 14.0 Å². The van der Waals surface area contributed by atoms with Gasteiger partial charge in [-0.3, -0.25) is 4.79 Å². The van der Waals surface area contributed by atoms with Crippen molar-refractivity contribution in [1.82, 2.24) is 10.3 Å². The summed E-state index contributed by atoms with van der Waals surface area (Å²) in [6.07, 6.45) is 0.644. The van der Waals surface area contributed by atoms with E-state index in [4.69, 9.17) is 0 Å². The van der Waals surface area contributed by atoms with Crippen molar-refractivity contribution in [2.24, 2.45) is 0 Å². The number of aryl methyl sites for hydroxylation is 1. The third kappa shape index (κ3) is 5.61. The average molecular weight is 412 g/mol. The van der Waals surface area contributed by atoms with Crippen molar-refractivity contribution in [2.75, 3.05) is 23.7 Å². The molecule has 0 aliphatic rings. The van der Waals surface area contributed by atoms with Gasteiger partial charge in [-0.25, -0.2) is 14.2 Å². The molecule has 150 valence electrons. The van der Waals surface area contributed by atoms with Gasteiger partial charge in [0.2, 0.25) is 5.78 Å². The molecule has 6 nitrogen and oxygen atoms in total. The number of aromatic nitrogens is 1. The fourth-order valence-corrected chi connectivity index (χ4v) is 3.36. The second-order valence-electron chi connectivity index (χ2n) is 6.32. The fourth-order valence-electron chi connectivity index (χ4n) is 2.64. The standard InChI is InChI=1S/C21H21FN4O2S/c1-14-7-2-3-8-15(14)19(27)18-13-29-21(26-18)24-12-6-11-23-20(28)25-17-10-5-4-9-16(17)22/h2-5,7-10,13H,6,11-12H2,1H3,(H,24,26)(H2,23,25,28). The van der Waals surface area contributed by atoms with E-state index in [0.29, 0.717) is 35.9 Å². The number of carbonyl (C=O) groups excluding carboxylic acids is 2. The van der Waals surface area contributed by atoms with Gasteiger partial charge >= 0.3 is 6.03 Å². The number of thiazole rings is 1. The van der Waals surface area contributed by atoms with Gasteiger partial charge in [-0.2, -0.15) is 0 Å². The molecule has 1 heterocycles. The predicted octanol–water partition coefficient (Wildman–Crippen LogP) is 4.45. The molecule has 0 spiro atoms. The van der Waals surface area contributed by atoms with Gasteiger partial charge in [-0.15, -0.1) is 11.3 Å². The highest BCUT2D eigenvalue weighted by molar-refractivity contribution is 7.13. The summed E-state index contributed by atoms with van der Waals surface area (Å²) in [5.74, 6) is -0.581. The lowest BCUT2D eigenvalue weighted by Crippen LogP contribution is -2.30. The van der Waals surface area contributed by atoms with Crippen LogP contribution < -0.4 is 16.0 Å². The van der Waals surface area contributed by atoms with Gasteiger partial charge in [0, 0.05) is 24.0 Å². The molecule has 2 aromatic carbocycles. The lowest BCUT2D eigenvalue weighted by Gasteiger charge is -2.08. The van der Waals surface area contributed by atoms with E-state index >= 15 is 0 Å². The number of halogens is 1. The summed E-state index contributed by atoms with van der Waals surface area (Å²) in [5, 5.41) is 10.7. The van der Waals surface area contributed by atoms with E-state index in [0.717, 1.165) is 5.56 Å². The minimum atomic E-state index is -0.482. The van der Waals surface area contributed by atoms with Crippen molar-refractivity contribution >= 4 is 34.0 Å². The molecule has 1 aromatic heterocycles. The van der Waals surface area contributed by atoms with Crippen LogP contribution in [0.4, 0.5) is 20.0 Å². The molecule has 0 fully saturated rings. The van der Waals surface area contributed by atoms with Crippen LogP contribution in [-0.2, 0) is 0 Å². The monoisotopic (exact) mass is 412 g/mol. The number of hydrogen-bond donors (Lipinski definition) is 3. The molecule has 0 bridgehead atoms. The van der Waals surface area contributed by atoms with E-state index in [-0.39, 0.29) is 11.5 Å². The van der Waals surface area contributed by atoms with E-state index in [1.54, 1.807) is 23.6 Å². The van der Waals surface area contributed by atoms with Crippen LogP contribution in [0.3, 0.4) is 0 Å². The van der Waals surface area contributed by atoms with E-state index in [1.165, 1.54) is 23.5 Å². The number of amides is 2. The second kappa shape index (κ2) is 9.79. The molecule has 3 rings (SSSR count). The zero-order chi connectivity index (χ0) is 20.6. The number of carbonyl (C=O) groups is 2. The zero-order valence-corrected chi connectivity index (χ0v) is 16.7. The summed E-state index contributed by atoms with van der Waals surface area (Å²) in [6.45, 7) is 2.88. The van der Waals surface area contributed by atoms with Crippen LogP contribution in [0.2, 0.25) is 0 Å². The Balaban J connectivity index is 1.40. The van der Waals surface area contributed by atoms with E-state index in [2.05, 4.69) is 20.9 Å². The van der Waals surface area contributed by atoms with Crippen molar-refractivity contribution in [3.05, 3.63) is 76.5 Å². The van der Waals surface area contributed by atoms with Crippen LogP contribution >= 0.6 is 11.3 Å². The van der Waals surface area contributed by atoms with Crippen molar-refractivity contribution in [1.29, 1.82) is 0 Å². The number of rotatable bonds is 8. The number of urea groups is 1. The number of ketones is 1.